The Morgan fingerprint density at radius 2 is 1.71 bits per heavy atom. The van der Waals surface area contributed by atoms with Crippen LogP contribution in [0.4, 0.5) is 0 Å². The summed E-state index contributed by atoms with van der Waals surface area (Å²) in [7, 11) is 1.52. The summed E-state index contributed by atoms with van der Waals surface area (Å²) in [6.45, 7) is 2.35. The Morgan fingerprint density at radius 1 is 0.981 bits per heavy atom. The van der Waals surface area contributed by atoms with Gasteiger partial charge < -0.3 is 25.4 Å². The van der Waals surface area contributed by atoms with E-state index in [0.29, 0.717) is 49.5 Å². The third-order valence-corrected chi connectivity index (χ3v) is 10.7. The summed E-state index contributed by atoms with van der Waals surface area (Å²) >= 11 is 1.28. The summed E-state index contributed by atoms with van der Waals surface area (Å²) in [6, 6.07) is 13.2. The monoisotopic (exact) mass is 726 g/mol. The van der Waals surface area contributed by atoms with E-state index in [1.165, 1.54) is 47.8 Å². The van der Waals surface area contributed by atoms with E-state index in [4.69, 9.17) is 4.74 Å². The summed E-state index contributed by atoms with van der Waals surface area (Å²) in [5.74, 6) is -1.73. The average molecular weight is 727 g/mol. The van der Waals surface area contributed by atoms with E-state index in [2.05, 4.69) is 20.6 Å². The van der Waals surface area contributed by atoms with Gasteiger partial charge in [0.2, 0.25) is 11.8 Å². The predicted octanol–water partition coefficient (Wildman–Crippen LogP) is 4.08. The number of nitrogens with one attached hydrogen (secondary N) is 2. The Bertz CT molecular complexity index is 1810. The zero-order valence-electron chi connectivity index (χ0n) is 29.4. The van der Waals surface area contributed by atoms with Crippen LogP contribution in [0.3, 0.4) is 0 Å². The van der Waals surface area contributed by atoms with Crippen LogP contribution in [0.2, 0.25) is 0 Å². The van der Waals surface area contributed by atoms with E-state index in [1.54, 1.807) is 10.9 Å². The Labute approximate surface area is 307 Å². The number of aromatic nitrogens is 2. The summed E-state index contributed by atoms with van der Waals surface area (Å²) in [6.07, 6.45) is 6.96. The first-order valence-electron chi connectivity index (χ1n) is 17.9. The SMILES string of the molecule is CN(C(=O)C(NC(=O)CN1CCOCC1)c1ccc2ccccc2c1)C(C(=O)NC(CC1CCCCC1)C(O)C(=O)c1ccncc1)c1cscn1. The number of ether oxygens (including phenoxy) is 1. The highest BCUT2D eigenvalue weighted by molar-refractivity contribution is 7.07. The van der Waals surface area contributed by atoms with E-state index >= 15 is 0 Å². The van der Waals surface area contributed by atoms with Crippen LogP contribution in [0.15, 0.2) is 77.9 Å². The highest BCUT2D eigenvalue weighted by Crippen LogP contribution is 2.30. The average Bonchev–Trinajstić information content (AvgIpc) is 3.71. The smallest absolute Gasteiger partial charge is 0.250 e. The fraction of sp³-hybridized carbons (Fsp3) is 0.436. The second-order valence-electron chi connectivity index (χ2n) is 13.7. The van der Waals surface area contributed by atoms with Crippen LogP contribution in [-0.2, 0) is 19.1 Å². The number of hydrogen-bond acceptors (Lipinski definition) is 10. The molecule has 4 atom stereocenters. The zero-order chi connectivity index (χ0) is 36.5. The number of aliphatic hydroxyl groups excluding tert-OH is 1. The number of fused-ring (bicyclic) bond motifs is 1. The summed E-state index contributed by atoms with van der Waals surface area (Å²) in [5.41, 5.74) is 2.78. The van der Waals surface area contributed by atoms with Gasteiger partial charge in [0.1, 0.15) is 12.1 Å². The van der Waals surface area contributed by atoms with Gasteiger partial charge in [0.15, 0.2) is 11.8 Å². The molecule has 1 saturated heterocycles. The van der Waals surface area contributed by atoms with Crippen LogP contribution in [0, 0.1) is 5.92 Å². The Balaban J connectivity index is 1.28. The van der Waals surface area contributed by atoms with Gasteiger partial charge in [-0.25, -0.2) is 4.98 Å². The molecule has 3 heterocycles. The molecule has 6 rings (SSSR count). The molecule has 0 bridgehead atoms. The number of amides is 3. The van der Waals surface area contributed by atoms with Gasteiger partial charge >= 0.3 is 0 Å². The van der Waals surface area contributed by atoms with Crippen LogP contribution in [0.1, 0.15) is 72.2 Å². The number of carbonyl (C=O) groups is 4. The van der Waals surface area contributed by atoms with Crippen molar-refractivity contribution in [3.63, 3.8) is 0 Å². The van der Waals surface area contributed by atoms with Crippen LogP contribution in [-0.4, -0.2) is 100 Å². The lowest BCUT2D eigenvalue weighted by Gasteiger charge is -2.34. The van der Waals surface area contributed by atoms with Crippen LogP contribution in [0.25, 0.3) is 10.8 Å². The van der Waals surface area contributed by atoms with E-state index in [0.717, 1.165) is 42.9 Å². The molecular weight excluding hydrogens is 681 g/mol. The predicted molar refractivity (Wildman–Crippen MR) is 197 cm³/mol. The summed E-state index contributed by atoms with van der Waals surface area (Å²) in [5, 5.41) is 21.0. The number of morpholine rings is 1. The van der Waals surface area contributed by atoms with Crippen molar-refractivity contribution in [1.82, 2.24) is 30.4 Å². The molecular formula is C39H46N6O6S. The molecule has 52 heavy (non-hydrogen) atoms. The Kier molecular flexibility index (Phi) is 12.7. The fourth-order valence-electron chi connectivity index (χ4n) is 7.22. The van der Waals surface area contributed by atoms with Gasteiger partial charge in [-0.1, -0.05) is 68.5 Å². The first-order valence-corrected chi connectivity index (χ1v) is 18.9. The van der Waals surface area contributed by atoms with Crippen molar-refractivity contribution < 1.29 is 29.0 Å². The normalized spacial score (nSPS) is 17.8. The molecule has 1 aliphatic carbocycles. The molecule has 4 aromatic rings. The maximum Gasteiger partial charge on any atom is 0.250 e. The van der Waals surface area contributed by atoms with E-state index in [9.17, 15) is 24.3 Å². The highest BCUT2D eigenvalue weighted by Gasteiger charge is 2.38. The highest BCUT2D eigenvalue weighted by atomic mass is 32.1. The minimum Gasteiger partial charge on any atom is -0.383 e. The maximum atomic E-state index is 14.6. The Morgan fingerprint density at radius 3 is 2.42 bits per heavy atom. The van der Waals surface area contributed by atoms with Crippen molar-refractivity contribution in [2.45, 2.75) is 62.8 Å². The molecule has 2 aromatic heterocycles. The number of hydrogen-bond donors (Lipinski definition) is 3. The van der Waals surface area contributed by atoms with Crippen molar-refractivity contribution in [2.24, 2.45) is 5.92 Å². The van der Waals surface area contributed by atoms with E-state index < -0.39 is 41.8 Å². The molecule has 1 saturated carbocycles. The number of benzene rings is 2. The molecule has 0 spiro atoms. The van der Waals surface area contributed by atoms with Crippen molar-refractivity contribution in [3.8, 4) is 0 Å². The zero-order valence-corrected chi connectivity index (χ0v) is 30.2. The molecule has 274 valence electrons. The topological polar surface area (TPSA) is 154 Å². The van der Waals surface area contributed by atoms with Gasteiger partial charge in [0.25, 0.3) is 5.91 Å². The molecule has 3 N–H and O–H groups in total. The molecule has 0 radical (unpaired) electrons. The number of thiazole rings is 1. The van der Waals surface area contributed by atoms with Crippen molar-refractivity contribution in [3.05, 3.63) is 94.7 Å². The number of rotatable bonds is 14. The van der Waals surface area contributed by atoms with Gasteiger partial charge in [-0.2, -0.15) is 0 Å². The lowest BCUT2D eigenvalue weighted by atomic mass is 9.82. The standard InChI is InChI=1S/C39H46N6O6S/c1-44(39(50)34(43-33(46)23-45-17-19-51-20-18-45)30-12-11-27-9-5-6-10-29(27)22-30)35(32-24-52-25-41-32)38(49)42-31(21-26-7-3-2-4-8-26)37(48)36(47)28-13-15-40-16-14-28/h5-6,9-16,22,24-26,31,34-35,37,48H,2-4,7-8,17-21,23H2,1H3,(H,42,49)(H,43,46). The van der Waals surface area contributed by atoms with Crippen LogP contribution in [0.5, 0.6) is 0 Å². The van der Waals surface area contributed by atoms with Crippen LogP contribution >= 0.6 is 11.3 Å². The number of nitrogens with zero attached hydrogens (tertiary/aromatic N) is 4. The van der Waals surface area contributed by atoms with Gasteiger partial charge in [-0.15, -0.1) is 11.3 Å². The van der Waals surface area contributed by atoms with Crippen molar-refractivity contribution in [1.29, 1.82) is 0 Å². The number of carbonyl (C=O) groups excluding carboxylic acids is 4. The largest absolute Gasteiger partial charge is 0.383 e. The van der Waals surface area contributed by atoms with Gasteiger partial charge in [-0.05, 0) is 46.9 Å². The Hall–Kier alpha value is -4.56. The van der Waals surface area contributed by atoms with Crippen LogP contribution < -0.4 is 10.6 Å². The second-order valence-corrected chi connectivity index (χ2v) is 14.4. The lowest BCUT2D eigenvalue weighted by molar-refractivity contribution is -0.143. The van der Waals surface area contributed by atoms with E-state index in [1.807, 2.05) is 47.4 Å². The van der Waals surface area contributed by atoms with Gasteiger partial charge in [0, 0.05) is 43.5 Å². The van der Waals surface area contributed by atoms with Gasteiger partial charge in [-0.3, -0.25) is 29.1 Å². The van der Waals surface area contributed by atoms with E-state index in [-0.39, 0.29) is 18.4 Å². The first-order chi connectivity index (χ1) is 25.3. The van der Waals surface area contributed by atoms with Gasteiger partial charge in [0.05, 0.1) is 37.0 Å². The fourth-order valence-corrected chi connectivity index (χ4v) is 7.79. The first kappa shape index (κ1) is 37.2. The molecule has 1 aliphatic heterocycles. The minimum absolute atomic E-state index is 0.0900. The molecule has 2 aliphatic rings. The number of ketones is 1. The third kappa shape index (κ3) is 9.26. The molecule has 4 unspecified atom stereocenters. The van der Waals surface area contributed by atoms with Crippen molar-refractivity contribution >= 4 is 45.6 Å². The second kappa shape index (κ2) is 17.8. The third-order valence-electron chi connectivity index (χ3n) is 10.1. The maximum absolute atomic E-state index is 14.6. The molecule has 12 nitrogen and oxygen atoms in total. The lowest BCUT2D eigenvalue weighted by Crippen LogP contribution is -2.53. The minimum atomic E-state index is -1.52. The molecule has 3 amide bonds. The summed E-state index contributed by atoms with van der Waals surface area (Å²) in [4.78, 5) is 67.7. The number of Topliss-reactive ketones (excluding diaryl/α,β-unsaturated/α-hetero) is 1. The van der Waals surface area contributed by atoms with Crippen molar-refractivity contribution in [2.75, 3.05) is 39.9 Å². The molecule has 13 heteroatoms. The quantitative estimate of drug-likeness (QED) is 0.163. The number of likely N-dealkylation sites (N-methyl/N-ethyl adjacent to an activating group) is 1. The number of pyridine rings is 1. The molecule has 2 fully saturated rings. The molecule has 2 aromatic carbocycles. The summed E-state index contributed by atoms with van der Waals surface area (Å²) < 4.78 is 5.43. The number of aliphatic hydroxyl groups is 1.